The Morgan fingerprint density at radius 1 is 0.387 bits per heavy atom. The van der Waals surface area contributed by atoms with E-state index in [1.165, 1.54) is 20.1 Å². The van der Waals surface area contributed by atoms with Gasteiger partial charge in [0.1, 0.15) is 0 Å². The van der Waals surface area contributed by atoms with Crippen molar-refractivity contribution < 1.29 is 0 Å². The Labute approximate surface area is 199 Å². The Hall–Kier alpha value is -2.01. The van der Waals surface area contributed by atoms with Gasteiger partial charge >= 0.3 is 0 Å². The molecular weight excluding hydrogens is 431 g/mol. The third-order valence-electron chi connectivity index (χ3n) is 5.44. The molecule has 0 atom stereocenters. The normalized spacial score (nSPS) is 11.4. The number of hydrogen-bond acceptors (Lipinski definition) is 3. The summed E-state index contributed by atoms with van der Waals surface area (Å²) in [7, 11) is 0. The van der Waals surface area contributed by atoms with Crippen LogP contribution in [0.25, 0.3) is 0 Å². The van der Waals surface area contributed by atoms with E-state index in [0.29, 0.717) is 0 Å². The summed E-state index contributed by atoms with van der Waals surface area (Å²) in [6.45, 7) is 0. The Bertz CT molecular complexity index is 919. The zero-order valence-corrected chi connectivity index (χ0v) is 19.9. The molecule has 4 aromatic carbocycles. The minimum Gasteiger partial charge on any atom is -0.207 e. The van der Waals surface area contributed by atoms with E-state index >= 15 is 0 Å². The number of thioether (sulfide) groups is 3. The summed E-state index contributed by atoms with van der Waals surface area (Å²) < 4.78 is 0. The molecule has 0 saturated heterocycles. The molecular formula is C27H26BS3-. The topological polar surface area (TPSA) is 0 Å². The third-order valence-corrected chi connectivity index (χ3v) is 9.67. The molecule has 4 aromatic rings. The highest BCUT2D eigenvalue weighted by atomic mass is 32.2. The van der Waals surface area contributed by atoms with Crippen molar-refractivity contribution in [2.24, 2.45) is 0 Å². The lowest BCUT2D eigenvalue weighted by atomic mass is 9.26. The quantitative estimate of drug-likeness (QED) is 0.181. The largest absolute Gasteiger partial charge is 0.207 e. The van der Waals surface area contributed by atoms with Crippen molar-refractivity contribution in [3.05, 3.63) is 121 Å². The van der Waals surface area contributed by atoms with Crippen LogP contribution in [0.4, 0.5) is 0 Å². The lowest BCUT2D eigenvalue weighted by Crippen LogP contribution is -2.56. The number of rotatable bonds is 10. The van der Waals surface area contributed by atoms with Crippen molar-refractivity contribution >= 4 is 46.9 Å². The summed E-state index contributed by atoms with van der Waals surface area (Å²) in [4.78, 5) is 4.04. The minimum atomic E-state index is -0.800. The fourth-order valence-electron chi connectivity index (χ4n) is 3.61. The Balaban J connectivity index is 1.63. The second-order valence-corrected chi connectivity index (χ2v) is 11.0. The Morgan fingerprint density at radius 2 is 0.677 bits per heavy atom. The molecule has 4 heteroatoms. The van der Waals surface area contributed by atoms with Crippen LogP contribution in [0, 0.1) is 0 Å². The SMILES string of the molecule is c1ccc(SC[B-](CSc2ccccc2)(CSc2ccccc2)c2ccccc2)cc1. The summed E-state index contributed by atoms with van der Waals surface area (Å²) in [5.74, 6) is 0. The molecule has 0 spiro atoms. The first-order chi connectivity index (χ1) is 15.3. The molecule has 0 N–H and O–H groups in total. The molecule has 0 aliphatic rings. The van der Waals surface area contributed by atoms with Crippen LogP contribution in [0.3, 0.4) is 0 Å². The van der Waals surface area contributed by atoms with Crippen LogP contribution < -0.4 is 5.46 Å². The van der Waals surface area contributed by atoms with Crippen molar-refractivity contribution in [1.29, 1.82) is 0 Å². The zero-order valence-electron chi connectivity index (χ0n) is 17.5. The molecule has 31 heavy (non-hydrogen) atoms. The van der Waals surface area contributed by atoms with Crippen molar-refractivity contribution in [2.75, 3.05) is 17.0 Å². The fraction of sp³-hybridized carbons (Fsp3) is 0.111. The zero-order chi connectivity index (χ0) is 21.2. The van der Waals surface area contributed by atoms with E-state index in [1.54, 1.807) is 0 Å². The molecule has 0 fully saturated rings. The molecule has 0 aliphatic carbocycles. The Kier molecular flexibility index (Phi) is 8.28. The van der Waals surface area contributed by atoms with E-state index in [2.05, 4.69) is 121 Å². The maximum absolute atomic E-state index is 2.34. The summed E-state index contributed by atoms with van der Waals surface area (Å²) in [5, 5.41) is 0. The van der Waals surface area contributed by atoms with Crippen molar-refractivity contribution in [2.45, 2.75) is 14.7 Å². The maximum atomic E-state index is 2.34. The average Bonchev–Trinajstić information content (AvgIpc) is 2.86. The predicted octanol–water partition coefficient (Wildman–Crippen LogP) is 7.34. The van der Waals surface area contributed by atoms with Gasteiger partial charge in [-0.05, 0) is 36.4 Å². The van der Waals surface area contributed by atoms with E-state index in [4.69, 9.17) is 0 Å². The minimum absolute atomic E-state index is 0.800. The number of benzene rings is 4. The van der Waals surface area contributed by atoms with Crippen LogP contribution in [0.1, 0.15) is 0 Å². The van der Waals surface area contributed by atoms with E-state index < -0.39 is 6.15 Å². The van der Waals surface area contributed by atoms with Gasteiger partial charge in [-0.2, -0.15) is 35.3 Å². The van der Waals surface area contributed by atoms with E-state index in [0.717, 1.165) is 17.0 Å². The lowest BCUT2D eigenvalue weighted by molar-refractivity contribution is 1.45. The van der Waals surface area contributed by atoms with Gasteiger partial charge in [-0.1, -0.05) is 84.9 Å². The van der Waals surface area contributed by atoms with Gasteiger partial charge in [0.05, 0.1) is 6.15 Å². The molecule has 0 radical (unpaired) electrons. The molecule has 0 amide bonds. The van der Waals surface area contributed by atoms with E-state index in [1.807, 2.05) is 35.3 Å². The van der Waals surface area contributed by atoms with Crippen LogP contribution in [0.15, 0.2) is 136 Å². The summed E-state index contributed by atoms with van der Waals surface area (Å²) >= 11 is 5.98. The summed E-state index contributed by atoms with van der Waals surface area (Å²) in [5.41, 5.74) is 4.80. The van der Waals surface area contributed by atoms with Crippen molar-refractivity contribution in [1.82, 2.24) is 0 Å². The average molecular weight is 458 g/mol. The lowest BCUT2D eigenvalue weighted by Gasteiger charge is -2.40. The fourth-order valence-corrected chi connectivity index (χ4v) is 7.93. The van der Waals surface area contributed by atoms with Crippen LogP contribution in [0.5, 0.6) is 0 Å². The van der Waals surface area contributed by atoms with Gasteiger partial charge < -0.3 is 0 Å². The van der Waals surface area contributed by atoms with Gasteiger partial charge in [-0.25, -0.2) is 5.46 Å². The standard InChI is InChI=1S/C27H26BS3/c1-5-13-24(14-6-1)28(21-29-25-15-7-2-8-16-25,22-30-26-17-9-3-10-18-26)23-31-27-19-11-4-12-20-27/h1-20H,21-23H2/q-1. The van der Waals surface area contributed by atoms with E-state index in [-0.39, 0.29) is 0 Å². The number of hydrogen-bond donors (Lipinski definition) is 0. The van der Waals surface area contributed by atoms with Gasteiger partial charge in [-0.15, -0.1) is 17.0 Å². The Morgan fingerprint density at radius 3 is 1.00 bits per heavy atom. The first-order valence-corrected chi connectivity index (χ1v) is 13.6. The second-order valence-electron chi connectivity index (χ2n) is 7.76. The predicted molar refractivity (Wildman–Crippen MR) is 143 cm³/mol. The second kappa shape index (κ2) is 11.6. The van der Waals surface area contributed by atoms with Gasteiger partial charge in [0, 0.05) is 14.7 Å². The third kappa shape index (κ3) is 6.49. The highest BCUT2D eigenvalue weighted by Gasteiger charge is 2.27. The van der Waals surface area contributed by atoms with Crippen LogP contribution in [-0.4, -0.2) is 23.1 Å². The highest BCUT2D eigenvalue weighted by molar-refractivity contribution is 8.06. The molecule has 0 unspecified atom stereocenters. The molecule has 0 aliphatic heterocycles. The van der Waals surface area contributed by atoms with Crippen LogP contribution in [0.2, 0.25) is 0 Å². The molecule has 0 aromatic heterocycles. The van der Waals surface area contributed by atoms with Gasteiger partial charge in [0.15, 0.2) is 0 Å². The summed E-state index contributed by atoms with van der Waals surface area (Å²) in [6, 6.07) is 43.6. The molecule has 0 bridgehead atoms. The molecule has 4 rings (SSSR count). The smallest absolute Gasteiger partial charge is 0.0593 e. The maximum Gasteiger partial charge on any atom is 0.0593 e. The van der Waals surface area contributed by atoms with Crippen molar-refractivity contribution in [3.63, 3.8) is 0 Å². The van der Waals surface area contributed by atoms with Gasteiger partial charge in [0.25, 0.3) is 0 Å². The van der Waals surface area contributed by atoms with Crippen LogP contribution >= 0.6 is 35.3 Å². The first kappa shape index (κ1) is 22.2. The molecule has 0 nitrogen and oxygen atoms in total. The molecule has 0 saturated carbocycles. The van der Waals surface area contributed by atoms with Crippen LogP contribution in [-0.2, 0) is 0 Å². The monoisotopic (exact) mass is 457 g/mol. The highest BCUT2D eigenvalue weighted by Crippen LogP contribution is 2.31. The van der Waals surface area contributed by atoms with Crippen molar-refractivity contribution in [3.8, 4) is 0 Å². The summed E-state index contributed by atoms with van der Waals surface area (Å²) in [6.07, 6.45) is -0.800. The van der Waals surface area contributed by atoms with E-state index in [9.17, 15) is 0 Å². The molecule has 0 heterocycles. The molecule has 156 valence electrons. The first-order valence-electron chi connectivity index (χ1n) is 10.6. The van der Waals surface area contributed by atoms with Gasteiger partial charge in [0.2, 0.25) is 0 Å². The van der Waals surface area contributed by atoms with Gasteiger partial charge in [-0.3, -0.25) is 0 Å².